The number of methoxy groups -OCH3 is 1. The number of nitrogens with zero attached hydrogens (tertiary/aromatic N) is 3. The van der Waals surface area contributed by atoms with Gasteiger partial charge in [0.15, 0.2) is 16.8 Å². The van der Waals surface area contributed by atoms with Crippen LogP contribution in [0.5, 0.6) is 11.5 Å². The van der Waals surface area contributed by atoms with Crippen LogP contribution in [-0.2, 0) is 6.61 Å². The van der Waals surface area contributed by atoms with E-state index in [-0.39, 0.29) is 18.1 Å². The monoisotopic (exact) mass is 496 g/mol. The van der Waals surface area contributed by atoms with E-state index in [2.05, 4.69) is 27.3 Å². The molecule has 7 nitrogen and oxygen atoms in total. The van der Waals surface area contributed by atoms with Crippen LogP contribution in [0, 0.1) is 0 Å². The fourth-order valence-corrected chi connectivity index (χ4v) is 4.69. The van der Waals surface area contributed by atoms with E-state index in [9.17, 15) is 4.79 Å². The lowest BCUT2D eigenvalue weighted by Gasteiger charge is -2.15. The van der Waals surface area contributed by atoms with Crippen LogP contribution in [0.1, 0.15) is 16.3 Å². The van der Waals surface area contributed by atoms with Gasteiger partial charge in [-0.15, -0.1) is 10.2 Å². The predicted molar refractivity (Wildman–Crippen MR) is 140 cm³/mol. The van der Waals surface area contributed by atoms with Crippen LogP contribution in [-0.4, -0.2) is 38.4 Å². The lowest BCUT2D eigenvalue weighted by Crippen LogP contribution is -2.09. The molecule has 0 saturated heterocycles. The summed E-state index contributed by atoms with van der Waals surface area (Å²) in [7, 11) is 1.62. The highest BCUT2D eigenvalue weighted by Gasteiger charge is 2.20. The third kappa shape index (κ3) is 5.04. The molecule has 180 valence electrons. The average Bonchev–Trinajstić information content (AvgIpc) is 3.62. The number of benzene rings is 3. The Kier molecular flexibility index (Phi) is 7.14. The van der Waals surface area contributed by atoms with Gasteiger partial charge in [0.05, 0.1) is 24.2 Å². The topological polar surface area (TPSA) is 82.0 Å². The lowest BCUT2D eigenvalue weighted by atomic mass is 10.1. The van der Waals surface area contributed by atoms with Crippen molar-refractivity contribution >= 4 is 17.5 Å². The number of H-pyrrole nitrogens is 1. The third-order valence-electron chi connectivity index (χ3n) is 5.59. The van der Waals surface area contributed by atoms with E-state index in [1.807, 2.05) is 71.3 Å². The van der Waals surface area contributed by atoms with E-state index < -0.39 is 0 Å². The number of aromatic amines is 1. The summed E-state index contributed by atoms with van der Waals surface area (Å²) in [6.07, 6.45) is 1.73. The molecule has 1 N–H and O–H groups in total. The number of carbonyl (C=O) groups is 1. The van der Waals surface area contributed by atoms with E-state index in [4.69, 9.17) is 9.47 Å². The number of hydrogen-bond donors (Lipinski definition) is 1. The number of Topliss-reactive ketones (excluding diaryl/α,β-unsaturated/α-hetero) is 1. The van der Waals surface area contributed by atoms with Crippen LogP contribution in [0.4, 0.5) is 0 Å². The van der Waals surface area contributed by atoms with E-state index in [1.165, 1.54) is 11.8 Å². The van der Waals surface area contributed by atoms with Gasteiger partial charge < -0.3 is 14.5 Å². The van der Waals surface area contributed by atoms with Crippen molar-refractivity contribution in [2.45, 2.75) is 11.8 Å². The Balaban J connectivity index is 1.45. The fourth-order valence-electron chi connectivity index (χ4n) is 3.85. The molecule has 0 spiro atoms. The molecule has 36 heavy (non-hydrogen) atoms. The zero-order valence-corrected chi connectivity index (χ0v) is 20.4. The van der Waals surface area contributed by atoms with E-state index >= 15 is 0 Å². The summed E-state index contributed by atoms with van der Waals surface area (Å²) in [6, 6.07) is 29.2. The molecular weight excluding hydrogens is 472 g/mol. The maximum atomic E-state index is 12.6. The Morgan fingerprint density at radius 2 is 1.64 bits per heavy atom. The van der Waals surface area contributed by atoms with Gasteiger partial charge in [0.2, 0.25) is 0 Å². The molecule has 5 rings (SSSR count). The second kappa shape index (κ2) is 11.0. The molecular formula is C28H24N4O3S. The summed E-state index contributed by atoms with van der Waals surface area (Å²) in [5.74, 6) is 2.20. The maximum absolute atomic E-state index is 12.6. The van der Waals surface area contributed by atoms with Crippen LogP contribution >= 0.6 is 11.8 Å². The molecule has 0 aliphatic carbocycles. The van der Waals surface area contributed by atoms with Gasteiger partial charge in [-0.1, -0.05) is 72.4 Å². The summed E-state index contributed by atoms with van der Waals surface area (Å²) in [5.41, 5.74) is 3.40. The van der Waals surface area contributed by atoms with Crippen LogP contribution < -0.4 is 9.47 Å². The van der Waals surface area contributed by atoms with E-state index in [0.29, 0.717) is 22.4 Å². The number of para-hydroxylation sites is 3. The minimum atomic E-state index is -0.0193. The highest BCUT2D eigenvalue weighted by molar-refractivity contribution is 7.99. The van der Waals surface area contributed by atoms with Gasteiger partial charge >= 0.3 is 0 Å². The first-order chi connectivity index (χ1) is 17.7. The molecule has 0 aliphatic rings. The molecule has 0 fully saturated rings. The van der Waals surface area contributed by atoms with Gasteiger partial charge in [0.1, 0.15) is 18.1 Å². The first-order valence-corrected chi connectivity index (χ1v) is 12.4. The summed E-state index contributed by atoms with van der Waals surface area (Å²) >= 11 is 1.32. The largest absolute Gasteiger partial charge is 0.495 e. The van der Waals surface area contributed by atoms with Crippen molar-refractivity contribution in [3.05, 3.63) is 109 Å². The Morgan fingerprint density at radius 1 is 0.889 bits per heavy atom. The second-order valence-corrected chi connectivity index (χ2v) is 8.80. The summed E-state index contributed by atoms with van der Waals surface area (Å²) in [6.45, 7) is 0.181. The van der Waals surface area contributed by atoms with Crippen molar-refractivity contribution in [1.82, 2.24) is 19.7 Å². The molecule has 0 bridgehead atoms. The quantitative estimate of drug-likeness (QED) is 0.194. The van der Waals surface area contributed by atoms with Crippen molar-refractivity contribution in [2.75, 3.05) is 12.9 Å². The smallest absolute Gasteiger partial charge is 0.196 e. The molecule has 2 aromatic heterocycles. The number of rotatable bonds is 10. The highest BCUT2D eigenvalue weighted by atomic mass is 32.2. The Labute approximate surface area is 213 Å². The third-order valence-corrected chi connectivity index (χ3v) is 6.51. The highest BCUT2D eigenvalue weighted by Crippen LogP contribution is 2.32. The predicted octanol–water partition coefficient (Wildman–Crippen LogP) is 5.83. The van der Waals surface area contributed by atoms with E-state index in [1.54, 1.807) is 25.4 Å². The minimum Gasteiger partial charge on any atom is -0.495 e. The van der Waals surface area contributed by atoms with Crippen molar-refractivity contribution in [3.63, 3.8) is 0 Å². The van der Waals surface area contributed by atoms with Gasteiger partial charge in [-0.2, -0.15) is 0 Å². The number of aromatic nitrogens is 4. The van der Waals surface area contributed by atoms with Crippen molar-refractivity contribution in [1.29, 1.82) is 0 Å². The number of nitrogens with one attached hydrogen (secondary N) is 1. The van der Waals surface area contributed by atoms with Gasteiger partial charge in [-0.3, -0.25) is 9.36 Å². The summed E-state index contributed by atoms with van der Waals surface area (Å²) < 4.78 is 13.8. The number of thioether (sulfide) groups is 1. The summed E-state index contributed by atoms with van der Waals surface area (Å²) in [5, 5.41) is 9.39. The van der Waals surface area contributed by atoms with Crippen LogP contribution in [0.25, 0.3) is 16.8 Å². The fraction of sp³-hybridized carbons (Fsp3) is 0.107. The number of ether oxygens (including phenoxy) is 2. The molecule has 2 heterocycles. The zero-order chi connectivity index (χ0) is 24.7. The average molecular weight is 497 g/mol. The van der Waals surface area contributed by atoms with E-state index in [0.717, 1.165) is 22.6 Å². The Hall–Kier alpha value is -4.30. The van der Waals surface area contributed by atoms with Crippen LogP contribution in [0.15, 0.2) is 102 Å². The first kappa shape index (κ1) is 23.4. The molecule has 5 aromatic rings. The molecule has 3 aromatic carbocycles. The molecule has 0 amide bonds. The Morgan fingerprint density at radius 3 is 2.42 bits per heavy atom. The van der Waals surface area contributed by atoms with Crippen molar-refractivity contribution < 1.29 is 14.3 Å². The normalized spacial score (nSPS) is 10.8. The number of ketones is 1. The maximum Gasteiger partial charge on any atom is 0.196 e. The number of hydrogen-bond acceptors (Lipinski definition) is 6. The molecule has 0 aliphatic heterocycles. The molecule has 0 atom stereocenters. The summed E-state index contributed by atoms with van der Waals surface area (Å²) in [4.78, 5) is 15.5. The first-order valence-electron chi connectivity index (χ1n) is 11.4. The lowest BCUT2D eigenvalue weighted by molar-refractivity contribution is 0.101. The van der Waals surface area contributed by atoms with Crippen LogP contribution in [0.3, 0.4) is 0 Å². The number of carbonyl (C=O) groups excluding carboxylic acids is 1. The van der Waals surface area contributed by atoms with Crippen molar-refractivity contribution in [3.8, 4) is 28.3 Å². The van der Waals surface area contributed by atoms with Gasteiger partial charge in [-0.25, -0.2) is 0 Å². The zero-order valence-electron chi connectivity index (χ0n) is 19.6. The molecule has 0 unspecified atom stereocenters. The van der Waals surface area contributed by atoms with Crippen LogP contribution in [0.2, 0.25) is 0 Å². The van der Waals surface area contributed by atoms with Crippen molar-refractivity contribution in [2.24, 2.45) is 0 Å². The van der Waals surface area contributed by atoms with Gasteiger partial charge in [0.25, 0.3) is 0 Å². The standard InChI is InChI=1S/C28H24N4O3S/c1-34-26-16-8-6-14-23(26)32-27(30-31-28(32)36-19-24(33)22-13-9-17-29-22)18-35-25-15-7-5-12-21(25)20-10-3-2-4-11-20/h2-17,29H,18-19H2,1H3. The minimum absolute atomic E-state index is 0.0193. The molecule has 0 saturated carbocycles. The van der Waals surface area contributed by atoms with Gasteiger partial charge in [-0.05, 0) is 35.9 Å². The molecule has 8 heteroatoms. The second-order valence-electron chi connectivity index (χ2n) is 7.85. The Bertz CT molecular complexity index is 1450. The SMILES string of the molecule is COc1ccccc1-n1c(COc2ccccc2-c2ccccc2)nnc1SCC(=O)c1ccc[nH]1. The van der Waals surface area contributed by atoms with Gasteiger partial charge in [0, 0.05) is 11.8 Å². The molecule has 0 radical (unpaired) electrons.